The molecule has 0 fully saturated rings. The number of anilines is 3. The van der Waals surface area contributed by atoms with Gasteiger partial charge in [-0.3, -0.25) is 0 Å². The maximum absolute atomic E-state index is 7.02. The molecule has 0 aliphatic rings. The molecule has 0 aliphatic heterocycles. The van der Waals surface area contributed by atoms with Gasteiger partial charge in [0.1, 0.15) is 5.58 Å². The highest BCUT2D eigenvalue weighted by Crippen LogP contribution is 2.47. The molecule has 0 unspecified atom stereocenters. The highest BCUT2D eigenvalue weighted by molar-refractivity contribution is 6.20. The van der Waals surface area contributed by atoms with Gasteiger partial charge < -0.3 is 18.5 Å². The molecule has 0 bridgehead atoms. The summed E-state index contributed by atoms with van der Waals surface area (Å²) in [5.74, 6) is 0. The second-order valence-electron chi connectivity index (χ2n) is 14.5. The van der Waals surface area contributed by atoms with Crippen LogP contribution in [0.2, 0.25) is 0 Å². The van der Waals surface area contributed by atoms with E-state index in [1.807, 2.05) is 0 Å². The Bertz CT molecular complexity index is 3420. The van der Waals surface area contributed by atoms with Crippen LogP contribution in [0.3, 0.4) is 0 Å². The molecule has 0 N–H and O–H groups in total. The molecule has 0 saturated heterocycles. The SMILES string of the molecule is c1ccc(-n2c3ccccc3c3c(N(c4ccc(-n5c6ccccc6c6ccccc65)cc4)c4cccc5c4oc4c6ccccc6ccc54)cccc32)cc1. The summed E-state index contributed by atoms with van der Waals surface area (Å²) in [6.45, 7) is 0. The average molecular weight is 716 g/mol. The maximum Gasteiger partial charge on any atom is 0.159 e. The molecule has 4 heteroatoms. The van der Waals surface area contributed by atoms with Crippen molar-refractivity contribution in [1.29, 1.82) is 0 Å². The van der Waals surface area contributed by atoms with Crippen molar-refractivity contribution in [2.45, 2.75) is 0 Å². The lowest BCUT2D eigenvalue weighted by Gasteiger charge is -2.27. The predicted molar refractivity (Wildman–Crippen MR) is 235 cm³/mol. The Hall–Kier alpha value is -7.56. The molecule has 0 amide bonds. The zero-order valence-electron chi connectivity index (χ0n) is 30.3. The quantitative estimate of drug-likeness (QED) is 0.177. The molecule has 0 aliphatic carbocycles. The molecule has 262 valence electrons. The zero-order valence-corrected chi connectivity index (χ0v) is 30.3. The second kappa shape index (κ2) is 12.0. The lowest BCUT2D eigenvalue weighted by Crippen LogP contribution is -2.11. The normalized spacial score (nSPS) is 11.9. The van der Waals surface area contributed by atoms with E-state index in [4.69, 9.17) is 4.42 Å². The van der Waals surface area contributed by atoms with Gasteiger partial charge in [0, 0.05) is 54.8 Å². The summed E-state index contributed by atoms with van der Waals surface area (Å²) in [4.78, 5) is 2.40. The van der Waals surface area contributed by atoms with E-state index in [-0.39, 0.29) is 0 Å². The number of hydrogen-bond acceptors (Lipinski definition) is 2. The van der Waals surface area contributed by atoms with Gasteiger partial charge in [0.2, 0.25) is 0 Å². The van der Waals surface area contributed by atoms with Crippen LogP contribution in [0, 0.1) is 0 Å². The van der Waals surface area contributed by atoms with Crippen LogP contribution in [0.25, 0.3) is 87.7 Å². The van der Waals surface area contributed by atoms with Crippen LogP contribution >= 0.6 is 0 Å². The van der Waals surface area contributed by atoms with Crippen LogP contribution in [0.15, 0.2) is 205 Å². The highest BCUT2D eigenvalue weighted by Gasteiger charge is 2.24. The Labute approximate surface area is 322 Å². The molecule has 12 aromatic rings. The van der Waals surface area contributed by atoms with E-state index in [1.54, 1.807) is 0 Å². The number of furan rings is 1. The number of hydrogen-bond donors (Lipinski definition) is 0. The largest absolute Gasteiger partial charge is 0.453 e. The molecule has 3 aromatic heterocycles. The lowest BCUT2D eigenvalue weighted by molar-refractivity contribution is 0.673. The standard InChI is InChI=1S/C52H33N3O/c1-2-15-35(16-3-1)54-46-24-11-8-20-43(46)50-47(54)25-13-26-48(50)55(49-27-12-21-41-42-33-28-34-14-4-5-17-38(34)51(42)56-52(41)49)37-31-29-36(30-32-37)53-44-22-9-6-18-39(44)40-19-7-10-23-45(40)53/h1-33H. The van der Waals surface area contributed by atoms with Crippen molar-refractivity contribution in [1.82, 2.24) is 9.13 Å². The van der Waals surface area contributed by atoms with Crippen molar-refractivity contribution in [3.63, 3.8) is 0 Å². The molecule has 3 heterocycles. The van der Waals surface area contributed by atoms with Crippen molar-refractivity contribution < 1.29 is 4.42 Å². The third kappa shape index (κ3) is 4.41. The first-order valence-corrected chi connectivity index (χ1v) is 19.1. The summed E-state index contributed by atoms with van der Waals surface area (Å²) in [6.07, 6.45) is 0. The molecule has 9 aromatic carbocycles. The molecular formula is C52H33N3O. The first-order chi connectivity index (χ1) is 27.8. The minimum Gasteiger partial charge on any atom is -0.453 e. The molecule has 4 nitrogen and oxygen atoms in total. The minimum absolute atomic E-state index is 0.856. The van der Waals surface area contributed by atoms with Gasteiger partial charge in [0.05, 0.1) is 33.4 Å². The van der Waals surface area contributed by atoms with E-state index in [2.05, 4.69) is 214 Å². The monoisotopic (exact) mass is 715 g/mol. The summed E-state index contributed by atoms with van der Waals surface area (Å²) < 4.78 is 11.8. The summed E-state index contributed by atoms with van der Waals surface area (Å²) in [5.41, 5.74) is 11.8. The average Bonchev–Trinajstić information content (AvgIpc) is 3.93. The van der Waals surface area contributed by atoms with Gasteiger partial charge >= 0.3 is 0 Å². The topological polar surface area (TPSA) is 26.2 Å². The third-order valence-corrected chi connectivity index (χ3v) is 11.5. The van der Waals surface area contributed by atoms with E-state index in [0.717, 1.165) is 72.2 Å². The summed E-state index contributed by atoms with van der Waals surface area (Å²) in [6, 6.07) is 71.9. The van der Waals surface area contributed by atoms with Crippen LogP contribution in [-0.2, 0) is 0 Å². The molecule has 0 radical (unpaired) electrons. The number of fused-ring (bicyclic) bond motifs is 11. The highest BCUT2D eigenvalue weighted by atomic mass is 16.3. The number of rotatable bonds is 5. The Kier molecular flexibility index (Phi) is 6.60. The fourth-order valence-electron chi connectivity index (χ4n) is 9.09. The van der Waals surface area contributed by atoms with Gasteiger partial charge in [-0.25, -0.2) is 0 Å². The van der Waals surface area contributed by atoms with Crippen molar-refractivity contribution >= 4 is 93.4 Å². The van der Waals surface area contributed by atoms with Gasteiger partial charge in [0.15, 0.2) is 5.58 Å². The Morgan fingerprint density at radius 1 is 0.321 bits per heavy atom. The fourth-order valence-corrected chi connectivity index (χ4v) is 9.09. The third-order valence-electron chi connectivity index (χ3n) is 11.5. The van der Waals surface area contributed by atoms with Gasteiger partial charge in [-0.15, -0.1) is 0 Å². The number of benzene rings is 9. The molecule has 12 rings (SSSR count). The second-order valence-corrected chi connectivity index (χ2v) is 14.5. The number of para-hydroxylation sites is 5. The first kappa shape index (κ1) is 30.9. The van der Waals surface area contributed by atoms with Crippen LogP contribution < -0.4 is 4.90 Å². The summed E-state index contributed by atoms with van der Waals surface area (Å²) in [7, 11) is 0. The van der Waals surface area contributed by atoms with Crippen LogP contribution in [-0.4, -0.2) is 9.13 Å². The van der Waals surface area contributed by atoms with Crippen LogP contribution in [0.5, 0.6) is 0 Å². The van der Waals surface area contributed by atoms with Gasteiger partial charge in [-0.2, -0.15) is 0 Å². The van der Waals surface area contributed by atoms with E-state index >= 15 is 0 Å². The molecular weight excluding hydrogens is 683 g/mol. The van der Waals surface area contributed by atoms with Crippen molar-refractivity contribution in [3.05, 3.63) is 200 Å². The van der Waals surface area contributed by atoms with E-state index in [0.29, 0.717) is 0 Å². The Morgan fingerprint density at radius 3 is 1.59 bits per heavy atom. The molecule has 56 heavy (non-hydrogen) atoms. The van der Waals surface area contributed by atoms with Crippen LogP contribution in [0.4, 0.5) is 17.1 Å². The predicted octanol–water partition coefficient (Wildman–Crippen LogP) is 14.4. The van der Waals surface area contributed by atoms with Crippen LogP contribution in [0.1, 0.15) is 0 Å². The van der Waals surface area contributed by atoms with Crippen molar-refractivity contribution in [2.75, 3.05) is 4.90 Å². The van der Waals surface area contributed by atoms with E-state index < -0.39 is 0 Å². The summed E-state index contributed by atoms with van der Waals surface area (Å²) >= 11 is 0. The maximum atomic E-state index is 7.02. The molecule has 0 atom stereocenters. The van der Waals surface area contributed by atoms with Gasteiger partial charge in [0.25, 0.3) is 0 Å². The van der Waals surface area contributed by atoms with Crippen molar-refractivity contribution in [2.24, 2.45) is 0 Å². The Morgan fingerprint density at radius 2 is 0.839 bits per heavy atom. The first-order valence-electron chi connectivity index (χ1n) is 19.1. The molecule has 0 spiro atoms. The smallest absolute Gasteiger partial charge is 0.159 e. The van der Waals surface area contributed by atoms with E-state index in [9.17, 15) is 0 Å². The lowest BCUT2D eigenvalue weighted by atomic mass is 10.0. The summed E-state index contributed by atoms with van der Waals surface area (Å²) in [5, 5.41) is 9.35. The van der Waals surface area contributed by atoms with Gasteiger partial charge in [-0.05, 0) is 84.2 Å². The fraction of sp³-hybridized carbons (Fsp3) is 0. The van der Waals surface area contributed by atoms with E-state index in [1.165, 1.54) is 32.6 Å². The molecule has 0 saturated carbocycles. The Balaban J connectivity index is 1.15. The van der Waals surface area contributed by atoms with Crippen molar-refractivity contribution in [3.8, 4) is 11.4 Å². The van der Waals surface area contributed by atoms with Gasteiger partial charge in [-0.1, -0.05) is 121 Å². The zero-order chi connectivity index (χ0) is 36.7. The minimum atomic E-state index is 0.856. The number of nitrogens with zero attached hydrogens (tertiary/aromatic N) is 3. The number of aromatic nitrogens is 2.